The lowest BCUT2D eigenvalue weighted by atomic mass is 9.99. The molecule has 1 aliphatic rings. The number of ether oxygens (including phenoxy) is 4. The molecule has 0 aromatic carbocycles. The van der Waals surface area contributed by atoms with E-state index in [0.29, 0.717) is 13.0 Å². The van der Waals surface area contributed by atoms with E-state index in [1.165, 1.54) is 193 Å². The molecule has 1 fully saturated rings. The molecule has 0 aliphatic carbocycles. The van der Waals surface area contributed by atoms with Gasteiger partial charge in [0.25, 0.3) is 0 Å². The van der Waals surface area contributed by atoms with Gasteiger partial charge in [0.05, 0.1) is 19.8 Å². The minimum atomic E-state index is -1.53. The Labute approximate surface area is 382 Å². The Bertz CT molecular complexity index is 961. The van der Waals surface area contributed by atoms with Crippen molar-refractivity contribution >= 4 is 5.97 Å². The molecule has 9 heteroatoms. The van der Waals surface area contributed by atoms with Crippen LogP contribution in [0.4, 0.5) is 0 Å². The summed E-state index contributed by atoms with van der Waals surface area (Å²) < 4.78 is 22.9. The normalized spacial score (nSPS) is 19.7. The predicted octanol–water partition coefficient (Wildman–Crippen LogP) is 13.2. The summed E-state index contributed by atoms with van der Waals surface area (Å²) in [5.74, 6) is -0.316. The Morgan fingerprint density at radius 1 is 0.500 bits per heavy atom. The van der Waals surface area contributed by atoms with Crippen molar-refractivity contribution in [3.05, 3.63) is 12.2 Å². The van der Waals surface area contributed by atoms with Crippen LogP contribution in [0.2, 0.25) is 0 Å². The van der Waals surface area contributed by atoms with E-state index in [4.69, 9.17) is 18.9 Å². The molecule has 0 bridgehead atoms. The SMILES string of the molecule is CCCCCCCC/C=C\CCCCCCCC(=O)OC(COCCCCCCCCCCCCCCCCCCCCCCCCCC)COC1OC(CO)C(O)C(O)C1O. The quantitative estimate of drug-likeness (QED) is 0.0268. The minimum Gasteiger partial charge on any atom is -0.457 e. The number of carbonyl (C=O) groups is 1. The number of esters is 1. The number of aliphatic hydroxyl groups is 4. The number of carbonyl (C=O) groups excluding carboxylic acids is 1. The predicted molar refractivity (Wildman–Crippen MR) is 256 cm³/mol. The van der Waals surface area contributed by atoms with Crippen LogP contribution in [0, 0.1) is 0 Å². The smallest absolute Gasteiger partial charge is 0.306 e. The van der Waals surface area contributed by atoms with Gasteiger partial charge in [-0.1, -0.05) is 225 Å². The monoisotopic (exact) mass is 883 g/mol. The van der Waals surface area contributed by atoms with E-state index in [-0.39, 0.29) is 19.2 Å². The fraction of sp³-hybridized carbons (Fsp3) is 0.943. The molecule has 62 heavy (non-hydrogen) atoms. The molecule has 1 saturated heterocycles. The molecule has 9 nitrogen and oxygen atoms in total. The fourth-order valence-corrected chi connectivity index (χ4v) is 8.49. The molecule has 4 N–H and O–H groups in total. The molecule has 1 heterocycles. The Morgan fingerprint density at radius 2 is 0.887 bits per heavy atom. The lowest BCUT2D eigenvalue weighted by Gasteiger charge is -2.39. The second kappa shape index (κ2) is 45.1. The molecule has 1 aliphatic heterocycles. The van der Waals surface area contributed by atoms with Crippen LogP contribution in [0.25, 0.3) is 0 Å². The van der Waals surface area contributed by atoms with Crippen molar-refractivity contribution in [1.82, 2.24) is 0 Å². The van der Waals surface area contributed by atoms with Gasteiger partial charge in [0, 0.05) is 13.0 Å². The van der Waals surface area contributed by atoms with E-state index < -0.39 is 43.4 Å². The maximum Gasteiger partial charge on any atom is 0.306 e. The third-order valence-corrected chi connectivity index (χ3v) is 12.7. The van der Waals surface area contributed by atoms with Gasteiger partial charge in [-0.3, -0.25) is 4.79 Å². The Balaban J connectivity index is 2.14. The zero-order chi connectivity index (χ0) is 45.0. The van der Waals surface area contributed by atoms with Crippen molar-refractivity contribution < 1.29 is 44.2 Å². The van der Waals surface area contributed by atoms with Crippen LogP contribution in [0.1, 0.15) is 258 Å². The Hall–Kier alpha value is -1.07. The summed E-state index contributed by atoms with van der Waals surface area (Å²) in [4.78, 5) is 12.8. The lowest BCUT2D eigenvalue weighted by Crippen LogP contribution is -2.59. The number of allylic oxidation sites excluding steroid dienone is 2. The topological polar surface area (TPSA) is 135 Å². The first kappa shape index (κ1) is 58.9. The summed E-state index contributed by atoms with van der Waals surface area (Å²) in [6.07, 6.45) is 45.4. The van der Waals surface area contributed by atoms with E-state index in [1.807, 2.05) is 0 Å². The van der Waals surface area contributed by atoms with Crippen molar-refractivity contribution in [3.8, 4) is 0 Å². The van der Waals surface area contributed by atoms with E-state index in [0.717, 1.165) is 44.9 Å². The maximum atomic E-state index is 12.8. The second-order valence-corrected chi connectivity index (χ2v) is 18.7. The van der Waals surface area contributed by atoms with E-state index in [2.05, 4.69) is 26.0 Å². The van der Waals surface area contributed by atoms with Crippen molar-refractivity contribution in [2.24, 2.45) is 0 Å². The molecule has 6 atom stereocenters. The minimum absolute atomic E-state index is 0.111. The van der Waals surface area contributed by atoms with Gasteiger partial charge >= 0.3 is 5.97 Å². The molecule has 0 aromatic rings. The molecule has 0 saturated carbocycles. The van der Waals surface area contributed by atoms with E-state index in [1.54, 1.807) is 0 Å². The standard InChI is InChI=1S/C53H102O9/c1-3-5-7-9-11-13-15-17-19-20-21-22-23-24-25-26-27-29-31-33-35-37-39-41-43-59-45-47(46-60-53-52(58)51(57)50(56)48(44-54)62-53)61-49(55)42-40-38-36-34-32-30-28-18-16-14-12-10-8-6-4-2/h18,28,47-48,50-54,56-58H,3-17,19-27,29-46H2,1-2H3/b28-18-. The summed E-state index contributed by atoms with van der Waals surface area (Å²) in [5.41, 5.74) is 0. The van der Waals surface area contributed by atoms with Crippen LogP contribution in [0.5, 0.6) is 0 Å². The zero-order valence-electron chi connectivity index (χ0n) is 40.6. The van der Waals surface area contributed by atoms with Crippen LogP contribution in [0.3, 0.4) is 0 Å². The van der Waals surface area contributed by atoms with Gasteiger partial charge in [0.2, 0.25) is 0 Å². The average Bonchev–Trinajstić information content (AvgIpc) is 3.27. The van der Waals surface area contributed by atoms with Gasteiger partial charge in [-0.15, -0.1) is 0 Å². The molecule has 0 amide bonds. The highest BCUT2D eigenvalue weighted by Gasteiger charge is 2.44. The molecule has 0 aromatic heterocycles. The highest BCUT2D eigenvalue weighted by molar-refractivity contribution is 5.69. The van der Waals surface area contributed by atoms with E-state index in [9.17, 15) is 25.2 Å². The molecule has 0 spiro atoms. The largest absolute Gasteiger partial charge is 0.457 e. The molecule has 6 unspecified atom stereocenters. The van der Waals surface area contributed by atoms with Gasteiger partial charge in [-0.25, -0.2) is 0 Å². The summed E-state index contributed by atoms with van der Waals surface area (Å²) in [6, 6.07) is 0. The van der Waals surface area contributed by atoms with Gasteiger partial charge in [0.1, 0.15) is 30.5 Å². The summed E-state index contributed by atoms with van der Waals surface area (Å²) in [5, 5.41) is 40.2. The van der Waals surface area contributed by atoms with Gasteiger partial charge in [0.15, 0.2) is 6.29 Å². The van der Waals surface area contributed by atoms with Gasteiger partial charge in [-0.05, 0) is 38.5 Å². The van der Waals surface area contributed by atoms with Crippen molar-refractivity contribution in [2.75, 3.05) is 26.4 Å². The Morgan fingerprint density at radius 3 is 1.31 bits per heavy atom. The first-order chi connectivity index (χ1) is 30.4. The number of aliphatic hydroxyl groups excluding tert-OH is 4. The summed E-state index contributed by atoms with van der Waals surface area (Å²) in [6.45, 7) is 4.60. The second-order valence-electron chi connectivity index (χ2n) is 18.7. The van der Waals surface area contributed by atoms with Crippen molar-refractivity contribution in [3.63, 3.8) is 0 Å². The summed E-state index contributed by atoms with van der Waals surface area (Å²) in [7, 11) is 0. The van der Waals surface area contributed by atoms with Crippen LogP contribution < -0.4 is 0 Å². The Kier molecular flexibility index (Phi) is 42.9. The van der Waals surface area contributed by atoms with Gasteiger partial charge < -0.3 is 39.4 Å². The molecular formula is C53H102O9. The molecule has 1 rings (SSSR count). The van der Waals surface area contributed by atoms with Crippen LogP contribution in [0.15, 0.2) is 12.2 Å². The lowest BCUT2D eigenvalue weighted by molar-refractivity contribution is -0.305. The molecule has 0 radical (unpaired) electrons. The van der Waals surface area contributed by atoms with Gasteiger partial charge in [-0.2, -0.15) is 0 Å². The van der Waals surface area contributed by atoms with Crippen molar-refractivity contribution in [2.45, 2.75) is 295 Å². The highest BCUT2D eigenvalue weighted by Crippen LogP contribution is 2.23. The number of rotatable bonds is 47. The third kappa shape index (κ3) is 35.2. The number of unbranched alkanes of at least 4 members (excludes halogenated alkanes) is 34. The maximum absolute atomic E-state index is 12.8. The molecule has 368 valence electrons. The number of hydrogen-bond donors (Lipinski definition) is 4. The number of hydrogen-bond acceptors (Lipinski definition) is 9. The highest BCUT2D eigenvalue weighted by atomic mass is 16.7. The first-order valence-corrected chi connectivity index (χ1v) is 26.8. The fourth-order valence-electron chi connectivity index (χ4n) is 8.49. The summed E-state index contributed by atoms with van der Waals surface area (Å²) >= 11 is 0. The van der Waals surface area contributed by atoms with Crippen LogP contribution in [-0.2, 0) is 23.7 Å². The first-order valence-electron chi connectivity index (χ1n) is 26.8. The van der Waals surface area contributed by atoms with E-state index >= 15 is 0 Å². The third-order valence-electron chi connectivity index (χ3n) is 12.7. The molecular weight excluding hydrogens is 781 g/mol. The average molecular weight is 883 g/mol. The zero-order valence-corrected chi connectivity index (χ0v) is 40.6. The van der Waals surface area contributed by atoms with Crippen LogP contribution in [-0.4, -0.2) is 89.6 Å². The van der Waals surface area contributed by atoms with Crippen molar-refractivity contribution in [1.29, 1.82) is 0 Å². The van der Waals surface area contributed by atoms with Crippen LogP contribution >= 0.6 is 0 Å².